The molecule has 8 heteroatoms. The van der Waals surface area contributed by atoms with E-state index >= 15 is 0 Å². The second-order valence-corrected chi connectivity index (χ2v) is 7.74. The van der Waals surface area contributed by atoms with Gasteiger partial charge in [0, 0.05) is 11.3 Å². The number of rotatable bonds is 6. The summed E-state index contributed by atoms with van der Waals surface area (Å²) in [6, 6.07) is 15.9. The van der Waals surface area contributed by atoms with Crippen LogP contribution in [0.3, 0.4) is 0 Å². The molecule has 1 atom stereocenters. The fourth-order valence-electron chi connectivity index (χ4n) is 3.28. The summed E-state index contributed by atoms with van der Waals surface area (Å²) in [7, 11) is 0. The van der Waals surface area contributed by atoms with E-state index in [0.717, 1.165) is 15.1 Å². The van der Waals surface area contributed by atoms with E-state index in [2.05, 4.69) is 10.4 Å². The normalized spacial score (nSPS) is 12.0. The first kappa shape index (κ1) is 19.8. The van der Waals surface area contributed by atoms with Gasteiger partial charge in [-0.2, -0.15) is 0 Å². The molecule has 1 amide bonds. The SMILES string of the molecule is O=C(CCn1[nH]c(=O)c2ccccc2c1=O)NC(c1ccc(F)cc1)c1cccs1. The molecule has 2 aromatic heterocycles. The lowest BCUT2D eigenvalue weighted by molar-refractivity contribution is -0.121. The van der Waals surface area contributed by atoms with Crippen molar-refractivity contribution in [3.8, 4) is 0 Å². The Morgan fingerprint density at radius 3 is 2.47 bits per heavy atom. The molecule has 2 aromatic carbocycles. The maximum absolute atomic E-state index is 13.3. The largest absolute Gasteiger partial charge is 0.344 e. The highest BCUT2D eigenvalue weighted by Gasteiger charge is 2.18. The molecule has 0 aliphatic heterocycles. The van der Waals surface area contributed by atoms with Crippen molar-refractivity contribution in [2.45, 2.75) is 19.0 Å². The van der Waals surface area contributed by atoms with Crippen LogP contribution in [0.5, 0.6) is 0 Å². The predicted molar refractivity (Wildman–Crippen MR) is 114 cm³/mol. The lowest BCUT2D eigenvalue weighted by Crippen LogP contribution is -2.33. The molecule has 0 radical (unpaired) electrons. The van der Waals surface area contributed by atoms with Crippen LogP contribution in [-0.4, -0.2) is 15.7 Å². The fraction of sp³-hybridized carbons (Fsp3) is 0.136. The number of fused-ring (bicyclic) bond motifs is 1. The van der Waals surface area contributed by atoms with Crippen molar-refractivity contribution >= 4 is 28.0 Å². The van der Waals surface area contributed by atoms with Crippen molar-refractivity contribution in [2.75, 3.05) is 0 Å². The minimum atomic E-state index is -0.425. The topological polar surface area (TPSA) is 84.0 Å². The number of aromatic amines is 1. The lowest BCUT2D eigenvalue weighted by Gasteiger charge is -2.18. The molecule has 4 rings (SSSR count). The van der Waals surface area contributed by atoms with Gasteiger partial charge in [-0.1, -0.05) is 30.3 Å². The monoisotopic (exact) mass is 423 g/mol. The number of hydrogen-bond donors (Lipinski definition) is 2. The van der Waals surface area contributed by atoms with Crippen LogP contribution in [0, 0.1) is 5.82 Å². The molecule has 0 bridgehead atoms. The van der Waals surface area contributed by atoms with Crippen molar-refractivity contribution < 1.29 is 9.18 Å². The summed E-state index contributed by atoms with van der Waals surface area (Å²) >= 11 is 1.48. The molecule has 0 aliphatic rings. The number of amides is 1. The molecule has 0 fully saturated rings. The highest BCUT2D eigenvalue weighted by molar-refractivity contribution is 7.10. The number of nitrogens with one attached hydrogen (secondary N) is 2. The second-order valence-electron chi connectivity index (χ2n) is 6.76. The number of aromatic nitrogens is 2. The number of thiophene rings is 1. The van der Waals surface area contributed by atoms with E-state index in [4.69, 9.17) is 0 Å². The predicted octanol–water partition coefficient (Wildman–Crippen LogP) is 3.19. The Hall–Kier alpha value is -3.52. The first-order valence-corrected chi connectivity index (χ1v) is 10.2. The van der Waals surface area contributed by atoms with Gasteiger partial charge < -0.3 is 5.32 Å². The van der Waals surface area contributed by atoms with Crippen molar-refractivity contribution in [3.63, 3.8) is 0 Å². The zero-order valence-electron chi connectivity index (χ0n) is 15.8. The maximum Gasteiger partial charge on any atom is 0.273 e. The Morgan fingerprint density at radius 2 is 1.77 bits per heavy atom. The molecule has 2 heterocycles. The van der Waals surface area contributed by atoms with Crippen LogP contribution in [0.15, 0.2) is 75.6 Å². The fourth-order valence-corrected chi connectivity index (χ4v) is 4.08. The summed E-state index contributed by atoms with van der Waals surface area (Å²) < 4.78 is 14.5. The number of carbonyl (C=O) groups excluding carboxylic acids is 1. The summed E-state index contributed by atoms with van der Waals surface area (Å²) in [4.78, 5) is 38.3. The summed E-state index contributed by atoms with van der Waals surface area (Å²) in [6.07, 6.45) is -0.00272. The molecule has 1 unspecified atom stereocenters. The number of hydrogen-bond acceptors (Lipinski definition) is 4. The van der Waals surface area contributed by atoms with Crippen LogP contribution in [0.2, 0.25) is 0 Å². The van der Waals surface area contributed by atoms with E-state index in [0.29, 0.717) is 10.8 Å². The van der Waals surface area contributed by atoms with Gasteiger partial charge in [-0.15, -0.1) is 11.3 Å². The highest BCUT2D eigenvalue weighted by atomic mass is 32.1. The molecule has 4 aromatic rings. The Morgan fingerprint density at radius 1 is 1.03 bits per heavy atom. The minimum Gasteiger partial charge on any atom is -0.344 e. The lowest BCUT2D eigenvalue weighted by atomic mass is 10.1. The van der Waals surface area contributed by atoms with Crippen LogP contribution in [0.4, 0.5) is 4.39 Å². The Balaban J connectivity index is 1.53. The standard InChI is InChI=1S/C22H18FN3O3S/c23-15-9-7-14(8-10-15)20(18-6-3-13-30-18)24-19(27)11-12-26-22(29)17-5-2-1-4-16(17)21(28)25-26/h1-10,13,20H,11-12H2,(H,24,27)(H,25,28). The Labute approximate surface area is 174 Å². The van der Waals surface area contributed by atoms with Gasteiger partial charge >= 0.3 is 0 Å². The molecular formula is C22H18FN3O3S. The van der Waals surface area contributed by atoms with Crippen LogP contribution in [0.25, 0.3) is 10.8 Å². The third kappa shape index (κ3) is 4.08. The number of benzene rings is 2. The van der Waals surface area contributed by atoms with Crippen molar-refractivity contribution in [1.29, 1.82) is 0 Å². The van der Waals surface area contributed by atoms with E-state index in [-0.39, 0.29) is 35.8 Å². The molecule has 152 valence electrons. The Bertz CT molecular complexity index is 1290. The van der Waals surface area contributed by atoms with Crippen molar-refractivity contribution in [2.24, 2.45) is 0 Å². The molecule has 6 nitrogen and oxygen atoms in total. The van der Waals surface area contributed by atoms with Crippen molar-refractivity contribution in [1.82, 2.24) is 15.1 Å². The van der Waals surface area contributed by atoms with Crippen LogP contribution >= 0.6 is 11.3 Å². The average Bonchev–Trinajstić information content (AvgIpc) is 3.29. The van der Waals surface area contributed by atoms with E-state index in [1.807, 2.05) is 17.5 Å². The van der Waals surface area contributed by atoms with Gasteiger partial charge in [-0.05, 0) is 41.3 Å². The quantitative estimate of drug-likeness (QED) is 0.500. The van der Waals surface area contributed by atoms with E-state index < -0.39 is 6.04 Å². The van der Waals surface area contributed by atoms with Crippen molar-refractivity contribution in [3.05, 3.63) is 103 Å². The molecule has 0 saturated carbocycles. The first-order chi connectivity index (χ1) is 14.5. The van der Waals surface area contributed by atoms with Gasteiger partial charge in [0.05, 0.1) is 23.4 Å². The number of H-pyrrole nitrogens is 1. The smallest absolute Gasteiger partial charge is 0.273 e. The van der Waals surface area contributed by atoms with Gasteiger partial charge in [0.15, 0.2) is 0 Å². The molecule has 0 aliphatic carbocycles. The van der Waals surface area contributed by atoms with Gasteiger partial charge in [0.1, 0.15) is 5.82 Å². The summed E-state index contributed by atoms with van der Waals surface area (Å²) in [5.74, 6) is -0.645. The highest BCUT2D eigenvalue weighted by Crippen LogP contribution is 2.26. The van der Waals surface area contributed by atoms with Gasteiger partial charge in [-0.3, -0.25) is 19.5 Å². The molecule has 0 saturated heterocycles. The van der Waals surface area contributed by atoms with E-state index in [1.165, 1.54) is 23.5 Å². The average molecular weight is 423 g/mol. The zero-order valence-corrected chi connectivity index (χ0v) is 16.6. The number of nitrogens with zero attached hydrogens (tertiary/aromatic N) is 1. The third-order valence-corrected chi connectivity index (χ3v) is 5.72. The van der Waals surface area contributed by atoms with Crippen LogP contribution in [-0.2, 0) is 11.3 Å². The molecular weight excluding hydrogens is 405 g/mol. The van der Waals surface area contributed by atoms with Crippen LogP contribution in [0.1, 0.15) is 22.9 Å². The molecule has 0 spiro atoms. The molecule has 30 heavy (non-hydrogen) atoms. The van der Waals surface area contributed by atoms with E-state index in [9.17, 15) is 18.8 Å². The van der Waals surface area contributed by atoms with Gasteiger partial charge in [-0.25, -0.2) is 9.07 Å². The summed E-state index contributed by atoms with van der Waals surface area (Å²) in [5, 5.41) is 7.99. The Kier molecular flexibility index (Phi) is 5.58. The minimum absolute atomic E-state index is 0.00272. The third-order valence-electron chi connectivity index (χ3n) is 4.78. The first-order valence-electron chi connectivity index (χ1n) is 9.33. The van der Waals surface area contributed by atoms with E-state index in [1.54, 1.807) is 36.4 Å². The number of halogens is 1. The number of carbonyl (C=O) groups is 1. The van der Waals surface area contributed by atoms with Gasteiger partial charge in [0.25, 0.3) is 11.1 Å². The van der Waals surface area contributed by atoms with Gasteiger partial charge in [0.2, 0.25) is 5.91 Å². The second kappa shape index (κ2) is 8.46. The summed E-state index contributed by atoms with van der Waals surface area (Å²) in [5.41, 5.74) is 0.0169. The zero-order chi connectivity index (χ0) is 21.1. The maximum atomic E-state index is 13.3. The number of aryl methyl sites for hydroxylation is 1. The molecule has 2 N–H and O–H groups in total. The summed E-state index contributed by atoms with van der Waals surface area (Å²) in [6.45, 7) is 0.0331. The van der Waals surface area contributed by atoms with Crippen LogP contribution < -0.4 is 16.4 Å².